The van der Waals surface area contributed by atoms with E-state index in [2.05, 4.69) is 31.4 Å². The van der Waals surface area contributed by atoms with Crippen molar-refractivity contribution in [3.8, 4) is 5.75 Å². The topological polar surface area (TPSA) is 9.23 Å². The molecule has 14 heavy (non-hydrogen) atoms. The van der Waals surface area contributed by atoms with E-state index in [1.807, 2.05) is 0 Å². The van der Waals surface area contributed by atoms with Gasteiger partial charge in [-0.15, -0.1) is 11.3 Å². The van der Waals surface area contributed by atoms with Gasteiger partial charge in [0.25, 0.3) is 0 Å². The molecule has 2 heteroatoms. The Morgan fingerprint density at radius 3 is 2.79 bits per heavy atom. The first-order chi connectivity index (χ1) is 6.77. The van der Waals surface area contributed by atoms with Crippen molar-refractivity contribution in [3.05, 3.63) is 28.6 Å². The first-order valence-corrected chi connectivity index (χ1v) is 5.69. The Hall–Kier alpha value is -1.02. The largest absolute Gasteiger partial charge is 0.495 e. The van der Waals surface area contributed by atoms with Crippen LogP contribution in [-0.4, -0.2) is 7.11 Å². The van der Waals surface area contributed by atoms with Gasteiger partial charge in [0.05, 0.1) is 7.11 Å². The molecular weight excluding hydrogens is 192 g/mol. The third-order valence-corrected chi connectivity index (χ3v) is 3.76. The summed E-state index contributed by atoms with van der Waals surface area (Å²) < 4.78 is 6.67. The van der Waals surface area contributed by atoms with Gasteiger partial charge in [-0.2, -0.15) is 0 Å². The van der Waals surface area contributed by atoms with Gasteiger partial charge in [-0.1, -0.05) is 13.0 Å². The van der Waals surface area contributed by atoms with Crippen LogP contribution in [0.1, 0.15) is 18.1 Å². The van der Waals surface area contributed by atoms with Crippen LogP contribution in [-0.2, 0) is 6.42 Å². The summed E-state index contributed by atoms with van der Waals surface area (Å²) in [7, 11) is 1.73. The van der Waals surface area contributed by atoms with Crippen molar-refractivity contribution in [2.45, 2.75) is 20.3 Å². The van der Waals surface area contributed by atoms with Crippen molar-refractivity contribution in [1.29, 1.82) is 0 Å². The Kier molecular flexibility index (Phi) is 2.46. The fourth-order valence-electron chi connectivity index (χ4n) is 1.80. The van der Waals surface area contributed by atoms with Crippen LogP contribution in [0.15, 0.2) is 17.5 Å². The average molecular weight is 206 g/mol. The molecule has 1 aromatic heterocycles. The molecule has 0 spiro atoms. The van der Waals surface area contributed by atoms with Gasteiger partial charge in [0.2, 0.25) is 0 Å². The Morgan fingerprint density at radius 2 is 2.14 bits per heavy atom. The van der Waals surface area contributed by atoms with Crippen LogP contribution in [0.25, 0.3) is 10.1 Å². The molecule has 1 aromatic carbocycles. The highest BCUT2D eigenvalue weighted by molar-refractivity contribution is 7.17. The molecule has 0 radical (unpaired) electrons. The fraction of sp³-hybridized carbons (Fsp3) is 0.333. The summed E-state index contributed by atoms with van der Waals surface area (Å²) in [6.45, 7) is 4.39. The molecular formula is C12H14OS. The van der Waals surface area contributed by atoms with Gasteiger partial charge in [-0.25, -0.2) is 0 Å². The lowest BCUT2D eigenvalue weighted by atomic mass is 10.0. The molecule has 0 aliphatic carbocycles. The van der Waals surface area contributed by atoms with Gasteiger partial charge in [-0.3, -0.25) is 0 Å². The molecule has 0 amide bonds. The molecule has 0 aliphatic heterocycles. The minimum absolute atomic E-state index is 0.996. The summed E-state index contributed by atoms with van der Waals surface area (Å²) >= 11 is 1.77. The third kappa shape index (κ3) is 1.30. The predicted molar refractivity (Wildman–Crippen MR) is 62.5 cm³/mol. The van der Waals surface area contributed by atoms with Crippen LogP contribution in [0, 0.1) is 6.92 Å². The maximum atomic E-state index is 5.31. The van der Waals surface area contributed by atoms with Gasteiger partial charge in [0.15, 0.2) is 0 Å². The summed E-state index contributed by atoms with van der Waals surface area (Å²) in [5.74, 6) is 0.996. The summed E-state index contributed by atoms with van der Waals surface area (Å²) in [5.41, 5.74) is 2.83. The summed E-state index contributed by atoms with van der Waals surface area (Å²) in [5, 5.41) is 3.32. The Balaban J connectivity index is 2.72. The zero-order chi connectivity index (χ0) is 10.1. The van der Waals surface area contributed by atoms with Crippen molar-refractivity contribution in [1.82, 2.24) is 0 Å². The van der Waals surface area contributed by atoms with E-state index in [0.717, 1.165) is 12.2 Å². The number of benzene rings is 1. The van der Waals surface area contributed by atoms with Gasteiger partial charge in [0, 0.05) is 15.5 Å². The number of fused-ring (bicyclic) bond motifs is 1. The first kappa shape index (κ1) is 9.53. The monoisotopic (exact) mass is 206 g/mol. The minimum Gasteiger partial charge on any atom is -0.495 e. The molecule has 0 saturated carbocycles. The van der Waals surface area contributed by atoms with E-state index >= 15 is 0 Å². The zero-order valence-corrected chi connectivity index (χ0v) is 9.57. The maximum Gasteiger partial charge on any atom is 0.137 e. The quantitative estimate of drug-likeness (QED) is 0.726. The van der Waals surface area contributed by atoms with E-state index < -0.39 is 0 Å². The van der Waals surface area contributed by atoms with E-state index in [4.69, 9.17) is 4.74 Å². The van der Waals surface area contributed by atoms with Gasteiger partial charge < -0.3 is 4.74 Å². The third-order valence-electron chi connectivity index (χ3n) is 2.67. The second-order valence-electron chi connectivity index (χ2n) is 3.38. The van der Waals surface area contributed by atoms with Gasteiger partial charge >= 0.3 is 0 Å². The van der Waals surface area contributed by atoms with Gasteiger partial charge in [-0.05, 0) is 30.5 Å². The SMILES string of the molecule is CCc1ccc2c(OC)csc2c1C. The maximum absolute atomic E-state index is 5.31. The first-order valence-electron chi connectivity index (χ1n) is 4.81. The summed E-state index contributed by atoms with van der Waals surface area (Å²) in [6.07, 6.45) is 1.10. The summed E-state index contributed by atoms with van der Waals surface area (Å²) in [4.78, 5) is 0. The Labute approximate surface area is 88.3 Å². The van der Waals surface area contributed by atoms with Crippen molar-refractivity contribution < 1.29 is 4.74 Å². The molecule has 0 saturated heterocycles. The lowest BCUT2D eigenvalue weighted by molar-refractivity contribution is 0.421. The smallest absolute Gasteiger partial charge is 0.137 e. The molecule has 0 fully saturated rings. The van der Waals surface area contributed by atoms with Crippen molar-refractivity contribution in [3.63, 3.8) is 0 Å². The molecule has 0 N–H and O–H groups in total. The van der Waals surface area contributed by atoms with Crippen LogP contribution in [0.2, 0.25) is 0 Å². The van der Waals surface area contributed by atoms with Crippen molar-refractivity contribution in [2.24, 2.45) is 0 Å². The molecule has 2 rings (SSSR count). The Morgan fingerprint density at radius 1 is 1.36 bits per heavy atom. The second-order valence-corrected chi connectivity index (χ2v) is 4.26. The lowest BCUT2D eigenvalue weighted by Gasteiger charge is -2.04. The van der Waals surface area contributed by atoms with Crippen LogP contribution >= 0.6 is 11.3 Å². The number of thiophene rings is 1. The van der Waals surface area contributed by atoms with E-state index in [-0.39, 0.29) is 0 Å². The van der Waals surface area contributed by atoms with Gasteiger partial charge in [0.1, 0.15) is 5.75 Å². The van der Waals surface area contributed by atoms with E-state index in [9.17, 15) is 0 Å². The number of rotatable bonds is 2. The molecule has 0 atom stereocenters. The highest BCUT2D eigenvalue weighted by atomic mass is 32.1. The standard InChI is InChI=1S/C12H14OS/c1-4-9-5-6-10-11(13-3)7-14-12(10)8(9)2/h5-7H,4H2,1-3H3. The fourth-order valence-corrected chi connectivity index (χ4v) is 2.85. The van der Waals surface area contributed by atoms with Crippen molar-refractivity contribution >= 4 is 21.4 Å². The Bertz CT molecular complexity index is 457. The molecule has 74 valence electrons. The van der Waals surface area contributed by atoms with E-state index in [1.54, 1.807) is 18.4 Å². The molecule has 0 bridgehead atoms. The summed E-state index contributed by atoms with van der Waals surface area (Å²) in [6, 6.07) is 4.36. The molecule has 1 nitrogen and oxygen atoms in total. The van der Waals surface area contributed by atoms with Crippen LogP contribution in [0.3, 0.4) is 0 Å². The normalized spacial score (nSPS) is 10.8. The van der Waals surface area contributed by atoms with Crippen LogP contribution < -0.4 is 4.74 Å². The predicted octanol–water partition coefficient (Wildman–Crippen LogP) is 3.78. The second kappa shape index (κ2) is 3.62. The molecule has 0 aliphatic rings. The minimum atomic E-state index is 0.996. The van der Waals surface area contributed by atoms with E-state index in [0.29, 0.717) is 0 Å². The average Bonchev–Trinajstić information content (AvgIpc) is 2.62. The van der Waals surface area contributed by atoms with Crippen LogP contribution in [0.4, 0.5) is 0 Å². The number of aryl methyl sites for hydroxylation is 2. The molecule has 2 aromatic rings. The van der Waals surface area contributed by atoms with E-state index in [1.165, 1.54) is 21.2 Å². The number of methoxy groups -OCH3 is 1. The number of hydrogen-bond acceptors (Lipinski definition) is 2. The number of ether oxygens (including phenoxy) is 1. The lowest BCUT2D eigenvalue weighted by Crippen LogP contribution is -1.86. The van der Waals surface area contributed by atoms with Crippen molar-refractivity contribution in [2.75, 3.05) is 7.11 Å². The molecule has 1 heterocycles. The molecule has 0 unspecified atom stereocenters. The highest BCUT2D eigenvalue weighted by Gasteiger charge is 2.08. The van der Waals surface area contributed by atoms with Crippen LogP contribution in [0.5, 0.6) is 5.75 Å². The zero-order valence-electron chi connectivity index (χ0n) is 8.76. The highest BCUT2D eigenvalue weighted by Crippen LogP contribution is 2.35. The number of hydrogen-bond donors (Lipinski definition) is 0.